The molecule has 0 spiro atoms. The normalized spacial score (nSPS) is 12.3. The highest BCUT2D eigenvalue weighted by atomic mass is 19.1. The number of aryl methyl sites for hydroxylation is 2. The molecule has 0 unspecified atom stereocenters. The molecule has 5 nitrogen and oxygen atoms in total. The molecule has 0 saturated carbocycles. The molecule has 1 aromatic rings. The van der Waals surface area contributed by atoms with E-state index in [2.05, 4.69) is 10.5 Å². The van der Waals surface area contributed by atoms with Gasteiger partial charge in [0, 0.05) is 6.54 Å². The fraction of sp³-hybridized carbons (Fsp3) is 0.429. The number of amides is 1. The second kappa shape index (κ2) is 5.90. The molecule has 0 aliphatic rings. The van der Waals surface area contributed by atoms with E-state index in [0.717, 1.165) is 5.56 Å². The summed E-state index contributed by atoms with van der Waals surface area (Å²) in [5.74, 6) is -0.772. The highest BCUT2D eigenvalue weighted by molar-refractivity contribution is 6.05. The molecule has 1 aromatic carbocycles. The van der Waals surface area contributed by atoms with Gasteiger partial charge >= 0.3 is 0 Å². The second-order valence-electron chi connectivity index (χ2n) is 5.34. The number of carbonyl (C=O) groups excluding carboxylic acids is 1. The van der Waals surface area contributed by atoms with Crippen LogP contribution in [0.15, 0.2) is 17.3 Å². The standard InChI is InChI=1S/C14H20FN3O2/c1-8-5-10(6-9(2)11(8)15)7-17-13(19)14(3,4)12(16)18-20/h5-6,20H,7H2,1-4H3,(H2,16,18)(H,17,19). The molecule has 20 heavy (non-hydrogen) atoms. The number of rotatable bonds is 4. The van der Waals surface area contributed by atoms with Gasteiger partial charge in [0.05, 0.1) is 0 Å². The molecule has 0 aliphatic heterocycles. The third-order valence-electron chi connectivity index (χ3n) is 3.27. The summed E-state index contributed by atoms with van der Waals surface area (Å²) >= 11 is 0. The number of amidine groups is 1. The minimum Gasteiger partial charge on any atom is -0.409 e. The lowest BCUT2D eigenvalue weighted by atomic mass is 9.91. The number of halogens is 1. The Balaban J connectivity index is 2.80. The maximum Gasteiger partial charge on any atom is 0.233 e. The van der Waals surface area contributed by atoms with E-state index in [1.54, 1.807) is 39.8 Å². The first-order chi connectivity index (χ1) is 9.20. The fourth-order valence-electron chi connectivity index (χ4n) is 1.78. The Kier molecular flexibility index (Phi) is 4.70. The molecule has 0 aliphatic carbocycles. The summed E-state index contributed by atoms with van der Waals surface area (Å²) < 4.78 is 13.5. The lowest BCUT2D eigenvalue weighted by molar-refractivity contribution is -0.126. The first-order valence-corrected chi connectivity index (χ1v) is 6.22. The SMILES string of the molecule is Cc1cc(CNC(=O)C(C)(C)/C(N)=N/O)cc(C)c1F. The molecule has 110 valence electrons. The Morgan fingerprint density at radius 1 is 1.40 bits per heavy atom. The lowest BCUT2D eigenvalue weighted by Crippen LogP contribution is -2.45. The second-order valence-corrected chi connectivity index (χ2v) is 5.34. The van der Waals surface area contributed by atoms with Crippen LogP contribution in [0.3, 0.4) is 0 Å². The third-order valence-corrected chi connectivity index (χ3v) is 3.27. The van der Waals surface area contributed by atoms with Crippen LogP contribution in [0.25, 0.3) is 0 Å². The van der Waals surface area contributed by atoms with Crippen molar-refractivity contribution in [1.82, 2.24) is 5.32 Å². The third kappa shape index (κ3) is 3.26. The Bertz CT molecular complexity index is 530. The van der Waals surface area contributed by atoms with Gasteiger partial charge in [-0.1, -0.05) is 17.3 Å². The molecule has 0 heterocycles. The number of nitrogens with zero attached hydrogens (tertiary/aromatic N) is 1. The van der Waals surface area contributed by atoms with Crippen LogP contribution in [0.5, 0.6) is 0 Å². The van der Waals surface area contributed by atoms with Crippen LogP contribution in [0, 0.1) is 25.1 Å². The molecule has 0 fully saturated rings. The summed E-state index contributed by atoms with van der Waals surface area (Å²) in [4.78, 5) is 12.0. The topological polar surface area (TPSA) is 87.7 Å². The van der Waals surface area contributed by atoms with E-state index in [1.807, 2.05) is 0 Å². The van der Waals surface area contributed by atoms with Crippen molar-refractivity contribution in [3.05, 3.63) is 34.6 Å². The van der Waals surface area contributed by atoms with Gasteiger partial charge in [0.2, 0.25) is 5.91 Å². The number of hydrogen-bond acceptors (Lipinski definition) is 3. The molecule has 0 saturated heterocycles. The molecule has 0 bridgehead atoms. The number of nitrogens with one attached hydrogen (secondary N) is 1. The summed E-state index contributed by atoms with van der Waals surface area (Å²) in [6.07, 6.45) is 0. The lowest BCUT2D eigenvalue weighted by Gasteiger charge is -2.22. The van der Waals surface area contributed by atoms with Gasteiger partial charge in [0.25, 0.3) is 0 Å². The van der Waals surface area contributed by atoms with Crippen molar-refractivity contribution in [2.75, 3.05) is 0 Å². The van der Waals surface area contributed by atoms with Gasteiger partial charge in [-0.3, -0.25) is 4.79 Å². The zero-order valence-electron chi connectivity index (χ0n) is 12.1. The number of carbonyl (C=O) groups is 1. The minimum atomic E-state index is -1.11. The maximum absolute atomic E-state index is 13.5. The minimum absolute atomic E-state index is 0.165. The predicted molar refractivity (Wildman–Crippen MR) is 74.9 cm³/mol. The average Bonchev–Trinajstić information content (AvgIpc) is 2.40. The maximum atomic E-state index is 13.5. The van der Waals surface area contributed by atoms with Crippen LogP contribution in [0.4, 0.5) is 4.39 Å². The summed E-state index contributed by atoms with van der Waals surface area (Å²) in [6, 6.07) is 3.36. The molecule has 1 amide bonds. The van der Waals surface area contributed by atoms with E-state index < -0.39 is 5.41 Å². The zero-order valence-corrected chi connectivity index (χ0v) is 12.1. The molecule has 4 N–H and O–H groups in total. The Morgan fingerprint density at radius 3 is 2.35 bits per heavy atom. The smallest absolute Gasteiger partial charge is 0.233 e. The summed E-state index contributed by atoms with van der Waals surface area (Å²) in [5.41, 5.74) is 6.23. The monoisotopic (exact) mass is 281 g/mol. The number of oxime groups is 1. The Hall–Kier alpha value is -2.11. The van der Waals surface area contributed by atoms with Crippen LogP contribution in [0.2, 0.25) is 0 Å². The number of nitrogens with two attached hydrogens (primary N) is 1. The van der Waals surface area contributed by atoms with Crippen LogP contribution in [0.1, 0.15) is 30.5 Å². The summed E-state index contributed by atoms with van der Waals surface area (Å²) in [6.45, 7) is 6.71. The van der Waals surface area contributed by atoms with Gasteiger partial charge in [-0.25, -0.2) is 4.39 Å². The van der Waals surface area contributed by atoms with Gasteiger partial charge in [0.15, 0.2) is 5.84 Å². The Morgan fingerprint density at radius 2 is 1.90 bits per heavy atom. The van der Waals surface area contributed by atoms with E-state index in [1.165, 1.54) is 0 Å². The van der Waals surface area contributed by atoms with Crippen LogP contribution >= 0.6 is 0 Å². The number of benzene rings is 1. The van der Waals surface area contributed by atoms with E-state index in [-0.39, 0.29) is 24.1 Å². The van der Waals surface area contributed by atoms with Crippen LogP contribution in [-0.4, -0.2) is 17.0 Å². The van der Waals surface area contributed by atoms with Crippen molar-refractivity contribution in [2.24, 2.45) is 16.3 Å². The zero-order chi connectivity index (χ0) is 15.5. The fourth-order valence-corrected chi connectivity index (χ4v) is 1.78. The van der Waals surface area contributed by atoms with Gasteiger partial charge in [-0.2, -0.15) is 0 Å². The van der Waals surface area contributed by atoms with Crippen LogP contribution < -0.4 is 11.1 Å². The van der Waals surface area contributed by atoms with Gasteiger partial charge < -0.3 is 16.3 Å². The van der Waals surface area contributed by atoms with E-state index in [4.69, 9.17) is 10.9 Å². The predicted octanol–water partition coefficient (Wildman–Crippen LogP) is 1.83. The molecule has 0 radical (unpaired) electrons. The van der Waals surface area contributed by atoms with Gasteiger partial charge in [-0.15, -0.1) is 0 Å². The van der Waals surface area contributed by atoms with Crippen molar-refractivity contribution in [3.8, 4) is 0 Å². The Labute approximate surface area is 117 Å². The first-order valence-electron chi connectivity index (χ1n) is 6.22. The van der Waals surface area contributed by atoms with E-state index >= 15 is 0 Å². The van der Waals surface area contributed by atoms with Crippen molar-refractivity contribution in [2.45, 2.75) is 34.2 Å². The van der Waals surface area contributed by atoms with E-state index in [9.17, 15) is 9.18 Å². The molecule has 0 atom stereocenters. The first kappa shape index (κ1) is 15.9. The quantitative estimate of drug-likeness (QED) is 0.340. The molecule has 1 rings (SSSR count). The summed E-state index contributed by atoms with van der Waals surface area (Å²) in [7, 11) is 0. The van der Waals surface area contributed by atoms with Crippen molar-refractivity contribution >= 4 is 11.7 Å². The van der Waals surface area contributed by atoms with Crippen molar-refractivity contribution < 1.29 is 14.4 Å². The van der Waals surface area contributed by atoms with Gasteiger partial charge in [0.1, 0.15) is 11.2 Å². The average molecular weight is 281 g/mol. The highest BCUT2D eigenvalue weighted by Gasteiger charge is 2.32. The summed E-state index contributed by atoms with van der Waals surface area (Å²) in [5, 5.41) is 14.2. The largest absolute Gasteiger partial charge is 0.409 e. The molecular formula is C14H20FN3O2. The molecule has 0 aromatic heterocycles. The van der Waals surface area contributed by atoms with Crippen LogP contribution in [-0.2, 0) is 11.3 Å². The highest BCUT2D eigenvalue weighted by Crippen LogP contribution is 2.17. The molecular weight excluding hydrogens is 261 g/mol. The molecule has 6 heteroatoms. The van der Waals surface area contributed by atoms with Crippen molar-refractivity contribution in [1.29, 1.82) is 0 Å². The van der Waals surface area contributed by atoms with Gasteiger partial charge in [-0.05, 0) is 44.4 Å². The van der Waals surface area contributed by atoms with E-state index in [0.29, 0.717) is 11.1 Å². The number of hydrogen-bond donors (Lipinski definition) is 3. The van der Waals surface area contributed by atoms with Crippen molar-refractivity contribution in [3.63, 3.8) is 0 Å².